The summed E-state index contributed by atoms with van der Waals surface area (Å²) in [7, 11) is 1.77. The monoisotopic (exact) mass is 392 g/mol. The van der Waals surface area contributed by atoms with Crippen molar-refractivity contribution in [2.24, 2.45) is 17.3 Å². The lowest BCUT2D eigenvalue weighted by atomic mass is 9.69. The summed E-state index contributed by atoms with van der Waals surface area (Å²) in [5.41, 5.74) is -0.506. The van der Waals surface area contributed by atoms with E-state index in [9.17, 15) is 9.59 Å². The molecule has 4 rings (SSSR count). The van der Waals surface area contributed by atoms with Crippen LogP contribution in [0.3, 0.4) is 0 Å². The topological polar surface area (TPSA) is 59.1 Å². The van der Waals surface area contributed by atoms with E-state index in [4.69, 9.17) is 9.47 Å². The summed E-state index contributed by atoms with van der Waals surface area (Å²) in [6, 6.07) is -0.208. The van der Waals surface area contributed by atoms with Crippen molar-refractivity contribution in [1.29, 1.82) is 0 Å². The van der Waals surface area contributed by atoms with Gasteiger partial charge in [-0.05, 0) is 43.9 Å². The third kappa shape index (κ3) is 3.26. The molecule has 0 aromatic heterocycles. The number of imide groups is 1. The van der Waals surface area contributed by atoms with Gasteiger partial charge in [0, 0.05) is 13.0 Å². The second-order valence-corrected chi connectivity index (χ2v) is 10.5. The van der Waals surface area contributed by atoms with Crippen LogP contribution in [0.4, 0.5) is 4.79 Å². The Labute approximate surface area is 168 Å². The predicted octanol–water partition coefficient (Wildman–Crippen LogP) is 3.79. The second-order valence-electron chi connectivity index (χ2n) is 10.5. The Morgan fingerprint density at radius 3 is 2.29 bits per heavy atom. The Hall–Kier alpha value is -1.14. The van der Waals surface area contributed by atoms with Gasteiger partial charge in [0.15, 0.2) is 5.79 Å². The van der Waals surface area contributed by atoms with Crippen LogP contribution >= 0.6 is 0 Å². The lowest BCUT2D eigenvalue weighted by Gasteiger charge is -2.44. The van der Waals surface area contributed by atoms with E-state index in [2.05, 4.69) is 13.8 Å². The maximum atomic E-state index is 13.4. The molecule has 0 aromatic rings. The van der Waals surface area contributed by atoms with Crippen molar-refractivity contribution in [1.82, 2.24) is 9.80 Å². The molecule has 2 atom stereocenters. The summed E-state index contributed by atoms with van der Waals surface area (Å²) in [6.45, 7) is 7.79. The van der Waals surface area contributed by atoms with Crippen molar-refractivity contribution in [3.8, 4) is 0 Å². The summed E-state index contributed by atoms with van der Waals surface area (Å²) in [6.07, 6.45) is 8.68. The van der Waals surface area contributed by atoms with E-state index >= 15 is 0 Å². The average molecular weight is 393 g/mol. The zero-order valence-corrected chi connectivity index (χ0v) is 18.0. The molecule has 158 valence electrons. The van der Waals surface area contributed by atoms with Crippen LogP contribution in [0, 0.1) is 17.3 Å². The van der Waals surface area contributed by atoms with Crippen LogP contribution in [0.2, 0.25) is 0 Å². The Bertz CT molecular complexity index is 638. The first kappa shape index (κ1) is 20.1. The summed E-state index contributed by atoms with van der Waals surface area (Å²) >= 11 is 0. The Balaban J connectivity index is 1.55. The van der Waals surface area contributed by atoms with Gasteiger partial charge in [-0.2, -0.15) is 0 Å². The largest absolute Gasteiger partial charge is 0.346 e. The van der Waals surface area contributed by atoms with Crippen LogP contribution in [0.5, 0.6) is 0 Å². The molecule has 0 bridgehead atoms. The van der Waals surface area contributed by atoms with Gasteiger partial charge in [-0.25, -0.2) is 4.79 Å². The van der Waals surface area contributed by atoms with Crippen molar-refractivity contribution in [2.75, 3.05) is 26.8 Å². The number of ether oxygens (including phenoxy) is 2. The van der Waals surface area contributed by atoms with Crippen molar-refractivity contribution in [3.63, 3.8) is 0 Å². The van der Waals surface area contributed by atoms with Crippen LogP contribution in [0.25, 0.3) is 0 Å². The number of amides is 3. The third-order valence-corrected chi connectivity index (χ3v) is 7.86. The SMILES string of the molecule is CN1C(=O)N(CC2(C3CCCC(C)(C)C3)OCCO2)C(=O)C1(C)CC1CCC1. The fourth-order valence-electron chi connectivity index (χ4n) is 5.76. The van der Waals surface area contributed by atoms with E-state index in [1.54, 1.807) is 11.9 Å². The van der Waals surface area contributed by atoms with E-state index in [1.165, 1.54) is 17.7 Å². The minimum atomic E-state index is -0.842. The van der Waals surface area contributed by atoms with Gasteiger partial charge < -0.3 is 14.4 Å². The highest BCUT2D eigenvalue weighted by atomic mass is 16.7. The number of rotatable bonds is 5. The molecule has 2 saturated heterocycles. The standard InChI is InChI=1S/C22H36N2O4/c1-20(2)10-6-9-17(14-20)22(27-11-12-28-22)15-24-18(25)21(3,23(4)19(24)26)13-16-7-5-8-16/h16-17H,5-15H2,1-4H3. The molecule has 2 saturated carbocycles. The molecular weight excluding hydrogens is 356 g/mol. The number of nitrogens with zero attached hydrogens (tertiary/aromatic N) is 2. The first-order valence-electron chi connectivity index (χ1n) is 11.0. The van der Waals surface area contributed by atoms with Gasteiger partial charge in [0.1, 0.15) is 5.54 Å². The quantitative estimate of drug-likeness (QED) is 0.668. The number of carbonyl (C=O) groups is 2. The van der Waals surface area contributed by atoms with E-state index in [0.29, 0.717) is 19.1 Å². The number of carbonyl (C=O) groups excluding carboxylic acids is 2. The van der Waals surface area contributed by atoms with Crippen molar-refractivity contribution >= 4 is 11.9 Å². The van der Waals surface area contributed by atoms with Gasteiger partial charge in [0.05, 0.1) is 19.8 Å². The Kier molecular flexibility index (Phi) is 5.02. The molecule has 28 heavy (non-hydrogen) atoms. The van der Waals surface area contributed by atoms with Crippen LogP contribution in [0.1, 0.15) is 72.1 Å². The van der Waals surface area contributed by atoms with Gasteiger partial charge in [-0.15, -0.1) is 0 Å². The van der Waals surface area contributed by atoms with Crippen LogP contribution < -0.4 is 0 Å². The van der Waals surface area contributed by atoms with E-state index < -0.39 is 11.3 Å². The first-order chi connectivity index (χ1) is 13.2. The van der Waals surface area contributed by atoms with Crippen LogP contribution in [-0.2, 0) is 14.3 Å². The normalized spacial score (nSPS) is 35.5. The van der Waals surface area contributed by atoms with E-state index in [0.717, 1.165) is 38.5 Å². The molecule has 0 spiro atoms. The van der Waals surface area contributed by atoms with Gasteiger partial charge in [0.25, 0.3) is 5.91 Å². The minimum Gasteiger partial charge on any atom is -0.346 e. The van der Waals surface area contributed by atoms with Gasteiger partial charge in [0.2, 0.25) is 0 Å². The van der Waals surface area contributed by atoms with E-state index in [-0.39, 0.29) is 29.8 Å². The summed E-state index contributed by atoms with van der Waals surface area (Å²) in [5, 5.41) is 0. The number of hydrogen-bond acceptors (Lipinski definition) is 4. The Morgan fingerprint density at radius 1 is 1.04 bits per heavy atom. The number of hydrogen-bond donors (Lipinski definition) is 0. The van der Waals surface area contributed by atoms with Crippen LogP contribution in [0.15, 0.2) is 0 Å². The molecule has 2 aliphatic carbocycles. The lowest BCUT2D eigenvalue weighted by Crippen LogP contribution is -2.53. The van der Waals surface area contributed by atoms with E-state index in [1.807, 2.05) is 6.92 Å². The maximum absolute atomic E-state index is 13.4. The lowest BCUT2D eigenvalue weighted by molar-refractivity contribution is -0.215. The highest BCUT2D eigenvalue weighted by molar-refractivity contribution is 6.06. The zero-order chi connectivity index (χ0) is 20.2. The van der Waals surface area contributed by atoms with Gasteiger partial charge in [-0.3, -0.25) is 9.69 Å². The highest BCUT2D eigenvalue weighted by Gasteiger charge is 2.58. The second kappa shape index (κ2) is 6.98. The smallest absolute Gasteiger partial charge is 0.327 e. The molecule has 4 fully saturated rings. The van der Waals surface area contributed by atoms with Gasteiger partial charge in [-0.1, -0.05) is 39.5 Å². The summed E-state index contributed by atoms with van der Waals surface area (Å²) < 4.78 is 12.3. The molecule has 0 N–H and O–H groups in total. The third-order valence-electron chi connectivity index (χ3n) is 7.86. The molecule has 4 aliphatic rings. The van der Waals surface area contributed by atoms with Gasteiger partial charge >= 0.3 is 6.03 Å². The fraction of sp³-hybridized carbons (Fsp3) is 0.909. The van der Waals surface area contributed by atoms with Crippen molar-refractivity contribution in [3.05, 3.63) is 0 Å². The highest BCUT2D eigenvalue weighted by Crippen LogP contribution is 2.47. The van der Waals surface area contributed by atoms with Crippen molar-refractivity contribution in [2.45, 2.75) is 83.5 Å². The molecule has 0 aromatic carbocycles. The number of urea groups is 1. The summed E-state index contributed by atoms with van der Waals surface area (Å²) in [5.74, 6) is -0.161. The molecule has 6 heteroatoms. The minimum absolute atomic E-state index is 0.0829. The molecule has 3 amide bonds. The number of likely N-dealkylation sites (N-methyl/N-ethyl adjacent to an activating group) is 1. The molecule has 2 aliphatic heterocycles. The zero-order valence-electron chi connectivity index (χ0n) is 18.0. The average Bonchev–Trinajstić information content (AvgIpc) is 3.14. The van der Waals surface area contributed by atoms with Crippen LogP contribution in [-0.4, -0.2) is 59.9 Å². The maximum Gasteiger partial charge on any atom is 0.327 e. The Morgan fingerprint density at radius 2 is 1.71 bits per heavy atom. The molecule has 0 radical (unpaired) electrons. The molecule has 6 nitrogen and oxygen atoms in total. The predicted molar refractivity (Wildman–Crippen MR) is 106 cm³/mol. The molecule has 2 unspecified atom stereocenters. The molecule has 2 heterocycles. The van der Waals surface area contributed by atoms with Crippen molar-refractivity contribution < 1.29 is 19.1 Å². The molecular formula is C22H36N2O4. The summed E-state index contributed by atoms with van der Waals surface area (Å²) in [4.78, 5) is 29.6. The fourth-order valence-corrected chi connectivity index (χ4v) is 5.76. The first-order valence-corrected chi connectivity index (χ1v) is 11.0.